The lowest BCUT2D eigenvalue weighted by Crippen LogP contribution is -1.87. The maximum atomic E-state index is 8.64. The monoisotopic (exact) mass is 207 g/mol. The Morgan fingerprint density at radius 1 is 1.33 bits per heavy atom. The number of halogens is 2. The number of pyridine rings is 1. The summed E-state index contributed by atoms with van der Waals surface area (Å²) < 4.78 is 0. The molecule has 0 unspecified atom stereocenters. The van der Waals surface area contributed by atoms with Gasteiger partial charge in [0.25, 0.3) is 0 Å². The molecule has 0 atom stereocenters. The predicted molar refractivity (Wildman–Crippen MR) is 51.5 cm³/mol. The van der Waals surface area contributed by atoms with Crippen LogP contribution in [0.3, 0.4) is 0 Å². The molecule has 1 N–H and O–H groups in total. The van der Waals surface area contributed by atoms with Gasteiger partial charge in [-0.3, -0.25) is 0 Å². The van der Waals surface area contributed by atoms with Crippen LogP contribution < -0.4 is 0 Å². The summed E-state index contributed by atoms with van der Waals surface area (Å²) >= 11 is 11.1. The number of aromatic nitrogens is 1. The van der Waals surface area contributed by atoms with Gasteiger partial charge in [0, 0.05) is 5.56 Å². The minimum Gasteiger partial charge on any atom is -0.392 e. The largest absolute Gasteiger partial charge is 0.392 e. The van der Waals surface area contributed by atoms with E-state index in [1.165, 1.54) is 0 Å². The molecular weight excluding hydrogens is 197 g/mol. The summed E-state index contributed by atoms with van der Waals surface area (Å²) in [5, 5.41) is 9.24. The molecule has 1 aromatic rings. The van der Waals surface area contributed by atoms with Gasteiger partial charge in [-0.2, -0.15) is 0 Å². The van der Waals surface area contributed by atoms with E-state index in [1.807, 2.05) is 13.8 Å². The number of hydrogen-bond acceptors (Lipinski definition) is 2. The molecule has 0 saturated heterocycles. The Morgan fingerprint density at radius 2 is 1.92 bits per heavy atom. The Balaban J connectivity index is 0.000000561. The lowest BCUT2D eigenvalue weighted by atomic mass is 10.3. The van der Waals surface area contributed by atoms with E-state index < -0.39 is 0 Å². The molecule has 68 valence electrons. The quantitative estimate of drug-likeness (QED) is 0.719. The standard InChI is InChI=1S/C6H5Cl2NO.C2H6/c7-5-2-1-4(3-10)6(8)9-5;1-2/h1-2,10H,3H2;1-2H3. The third-order valence-electron chi connectivity index (χ3n) is 1.06. The number of hydrogen-bond donors (Lipinski definition) is 1. The Kier molecular flexibility index (Phi) is 6.07. The maximum absolute atomic E-state index is 8.64. The van der Waals surface area contributed by atoms with Crippen molar-refractivity contribution in [1.82, 2.24) is 4.98 Å². The normalized spacial score (nSPS) is 8.75. The van der Waals surface area contributed by atoms with Gasteiger partial charge < -0.3 is 5.11 Å². The van der Waals surface area contributed by atoms with Crippen LogP contribution in [0.2, 0.25) is 10.3 Å². The molecule has 0 aliphatic carbocycles. The highest BCUT2D eigenvalue weighted by Gasteiger charge is 1.99. The van der Waals surface area contributed by atoms with E-state index in [2.05, 4.69) is 4.98 Å². The van der Waals surface area contributed by atoms with Crippen molar-refractivity contribution in [3.05, 3.63) is 28.0 Å². The second kappa shape index (κ2) is 6.23. The third-order valence-corrected chi connectivity index (χ3v) is 1.60. The summed E-state index contributed by atoms with van der Waals surface area (Å²) in [5.74, 6) is 0. The van der Waals surface area contributed by atoms with E-state index in [0.29, 0.717) is 10.7 Å². The highest BCUT2D eigenvalue weighted by atomic mass is 35.5. The molecule has 0 amide bonds. The molecule has 1 heterocycles. The Morgan fingerprint density at radius 3 is 2.33 bits per heavy atom. The van der Waals surface area contributed by atoms with E-state index in [1.54, 1.807) is 12.1 Å². The smallest absolute Gasteiger partial charge is 0.136 e. The van der Waals surface area contributed by atoms with Gasteiger partial charge in [0.15, 0.2) is 0 Å². The molecule has 0 fully saturated rings. The molecule has 1 rings (SSSR count). The molecular formula is C8H11Cl2NO. The van der Waals surface area contributed by atoms with Crippen molar-refractivity contribution in [2.75, 3.05) is 0 Å². The van der Waals surface area contributed by atoms with Crippen LogP contribution in [-0.4, -0.2) is 10.1 Å². The van der Waals surface area contributed by atoms with Crippen molar-refractivity contribution in [1.29, 1.82) is 0 Å². The Hall–Kier alpha value is -0.310. The van der Waals surface area contributed by atoms with Crippen molar-refractivity contribution in [3.63, 3.8) is 0 Å². The SMILES string of the molecule is CC.OCc1ccc(Cl)nc1Cl. The minimum atomic E-state index is -0.108. The van der Waals surface area contributed by atoms with Crippen LogP contribution in [0.1, 0.15) is 19.4 Å². The molecule has 0 radical (unpaired) electrons. The summed E-state index contributed by atoms with van der Waals surface area (Å²) in [6.45, 7) is 3.89. The first-order chi connectivity index (χ1) is 5.74. The van der Waals surface area contributed by atoms with Crippen LogP contribution in [0.25, 0.3) is 0 Å². The Labute approximate surface area is 82.2 Å². The predicted octanol–water partition coefficient (Wildman–Crippen LogP) is 2.91. The number of nitrogens with zero attached hydrogens (tertiary/aromatic N) is 1. The van der Waals surface area contributed by atoms with Gasteiger partial charge in [-0.05, 0) is 6.07 Å². The fourth-order valence-electron chi connectivity index (χ4n) is 0.559. The van der Waals surface area contributed by atoms with Gasteiger partial charge >= 0.3 is 0 Å². The van der Waals surface area contributed by atoms with Crippen LogP contribution in [0.4, 0.5) is 0 Å². The first-order valence-corrected chi connectivity index (χ1v) is 4.41. The van der Waals surface area contributed by atoms with Crippen LogP contribution in [0.5, 0.6) is 0 Å². The van der Waals surface area contributed by atoms with Gasteiger partial charge in [-0.15, -0.1) is 0 Å². The molecule has 2 nitrogen and oxygen atoms in total. The van der Waals surface area contributed by atoms with E-state index in [9.17, 15) is 0 Å². The maximum Gasteiger partial charge on any atom is 0.136 e. The molecule has 1 aromatic heterocycles. The van der Waals surface area contributed by atoms with Crippen LogP contribution in [0.15, 0.2) is 12.1 Å². The molecule has 12 heavy (non-hydrogen) atoms. The molecule has 0 spiro atoms. The van der Waals surface area contributed by atoms with Gasteiger partial charge in [0.2, 0.25) is 0 Å². The Bertz CT molecular complexity index is 240. The fraction of sp³-hybridized carbons (Fsp3) is 0.375. The summed E-state index contributed by atoms with van der Waals surface area (Å²) in [4.78, 5) is 3.72. The van der Waals surface area contributed by atoms with Crippen LogP contribution in [-0.2, 0) is 6.61 Å². The lowest BCUT2D eigenvalue weighted by Gasteiger charge is -1.97. The molecule has 0 aliphatic rings. The van der Waals surface area contributed by atoms with Crippen molar-refractivity contribution in [3.8, 4) is 0 Å². The van der Waals surface area contributed by atoms with Crippen LogP contribution >= 0.6 is 23.2 Å². The van der Waals surface area contributed by atoms with Gasteiger partial charge in [-0.1, -0.05) is 43.1 Å². The second-order valence-electron chi connectivity index (χ2n) is 1.74. The molecule has 0 aromatic carbocycles. The number of aliphatic hydroxyl groups is 1. The zero-order valence-electron chi connectivity index (χ0n) is 7.01. The van der Waals surface area contributed by atoms with E-state index in [-0.39, 0.29) is 11.8 Å². The first-order valence-electron chi connectivity index (χ1n) is 3.66. The van der Waals surface area contributed by atoms with E-state index >= 15 is 0 Å². The van der Waals surface area contributed by atoms with E-state index in [4.69, 9.17) is 28.3 Å². The van der Waals surface area contributed by atoms with Crippen molar-refractivity contribution in [2.24, 2.45) is 0 Å². The van der Waals surface area contributed by atoms with Crippen molar-refractivity contribution >= 4 is 23.2 Å². The van der Waals surface area contributed by atoms with Crippen LogP contribution in [0, 0.1) is 0 Å². The first kappa shape index (κ1) is 11.7. The summed E-state index contributed by atoms with van der Waals surface area (Å²) in [5.41, 5.74) is 0.589. The van der Waals surface area contributed by atoms with Gasteiger partial charge in [0.05, 0.1) is 6.61 Å². The molecule has 0 aliphatic heterocycles. The van der Waals surface area contributed by atoms with Gasteiger partial charge in [-0.25, -0.2) is 4.98 Å². The lowest BCUT2D eigenvalue weighted by molar-refractivity contribution is 0.281. The molecule has 4 heteroatoms. The minimum absolute atomic E-state index is 0.108. The number of rotatable bonds is 1. The average molecular weight is 208 g/mol. The average Bonchev–Trinajstić information content (AvgIpc) is 2.08. The van der Waals surface area contributed by atoms with Crippen molar-refractivity contribution < 1.29 is 5.11 Å². The molecule has 0 bridgehead atoms. The van der Waals surface area contributed by atoms with Crippen molar-refractivity contribution in [2.45, 2.75) is 20.5 Å². The zero-order valence-corrected chi connectivity index (χ0v) is 8.52. The number of aliphatic hydroxyl groups excluding tert-OH is 1. The molecule has 0 saturated carbocycles. The zero-order chi connectivity index (χ0) is 9.56. The summed E-state index contributed by atoms with van der Waals surface area (Å²) in [7, 11) is 0. The topological polar surface area (TPSA) is 33.1 Å². The second-order valence-corrected chi connectivity index (χ2v) is 2.49. The fourth-order valence-corrected chi connectivity index (χ4v) is 0.963. The van der Waals surface area contributed by atoms with Gasteiger partial charge in [0.1, 0.15) is 10.3 Å². The third kappa shape index (κ3) is 3.39. The summed E-state index contributed by atoms with van der Waals surface area (Å²) in [6.07, 6.45) is 0. The summed E-state index contributed by atoms with van der Waals surface area (Å²) in [6, 6.07) is 3.22. The van der Waals surface area contributed by atoms with E-state index in [0.717, 1.165) is 0 Å². The highest BCUT2D eigenvalue weighted by molar-refractivity contribution is 6.32. The highest BCUT2D eigenvalue weighted by Crippen LogP contribution is 2.15.